The van der Waals surface area contributed by atoms with Crippen molar-refractivity contribution < 1.29 is 23.5 Å². The Morgan fingerprint density at radius 1 is 0.889 bits per heavy atom. The highest BCUT2D eigenvalue weighted by molar-refractivity contribution is 9.10. The molecule has 4 rings (SSSR count). The molecule has 0 saturated carbocycles. The van der Waals surface area contributed by atoms with Gasteiger partial charge in [0, 0.05) is 28.1 Å². The molecule has 1 unspecified atom stereocenters. The van der Waals surface area contributed by atoms with Crippen LogP contribution in [0.3, 0.4) is 0 Å². The maximum atomic E-state index is 14.0. The second-order valence-electron chi connectivity index (χ2n) is 11.2. The molecule has 0 saturated heterocycles. The number of nitrogens with one attached hydrogen (secondary N) is 1. The molecule has 4 aromatic rings. The summed E-state index contributed by atoms with van der Waals surface area (Å²) in [6, 6.07) is 24.6. The largest absolute Gasteiger partial charge is 0.325 e. The van der Waals surface area contributed by atoms with Gasteiger partial charge in [-0.15, -0.1) is 0 Å². The summed E-state index contributed by atoms with van der Waals surface area (Å²) in [7, 11) is -3.94. The van der Waals surface area contributed by atoms with Gasteiger partial charge in [0.25, 0.3) is 0 Å². The summed E-state index contributed by atoms with van der Waals surface area (Å²) < 4.78 is 25.8. The first-order chi connectivity index (χ1) is 21.3. The van der Waals surface area contributed by atoms with Gasteiger partial charge in [-0.2, -0.15) is 0 Å². The Hall–Kier alpha value is -3.37. The third kappa shape index (κ3) is 12.5. The van der Waals surface area contributed by atoms with Crippen molar-refractivity contribution in [3.63, 3.8) is 0 Å². The number of hydrogen-bond acceptors (Lipinski definition) is 3. The van der Waals surface area contributed by atoms with Gasteiger partial charge in [0.15, 0.2) is 0 Å². The van der Waals surface area contributed by atoms with Crippen LogP contribution < -0.4 is 5.32 Å². The lowest BCUT2D eigenvalue weighted by Gasteiger charge is -2.13. The summed E-state index contributed by atoms with van der Waals surface area (Å²) in [5.41, 5.74) is 9.51. The second kappa shape index (κ2) is 17.4. The van der Waals surface area contributed by atoms with Crippen molar-refractivity contribution in [3.8, 4) is 11.8 Å². The van der Waals surface area contributed by atoms with Crippen LogP contribution in [-0.4, -0.2) is 28.8 Å². The van der Waals surface area contributed by atoms with Crippen molar-refractivity contribution in [2.24, 2.45) is 0 Å². The van der Waals surface area contributed by atoms with Gasteiger partial charge in [-0.3, -0.25) is 9.36 Å². The molecule has 0 bridgehead atoms. The molecule has 0 amide bonds. The first kappa shape index (κ1) is 36.1. The average Bonchev–Trinajstić information content (AvgIpc) is 2.99. The van der Waals surface area contributed by atoms with Crippen molar-refractivity contribution in [3.05, 3.63) is 139 Å². The molecular weight excluding hydrogens is 652 g/mol. The number of rotatable bonds is 10. The normalized spacial score (nSPS) is 11.6. The zero-order valence-electron chi connectivity index (χ0n) is 26.1. The van der Waals surface area contributed by atoms with E-state index >= 15 is 0 Å². The predicted molar refractivity (Wildman–Crippen MR) is 184 cm³/mol. The molecule has 45 heavy (non-hydrogen) atoms. The average molecular weight is 693 g/mol. The number of hydrogen-bond donors (Lipinski definition) is 3. The van der Waals surface area contributed by atoms with Gasteiger partial charge in [-0.1, -0.05) is 60.4 Å². The Labute approximate surface area is 274 Å². The SMILES string of the molecule is Cc1ccc(C=O)cc1C.Cc1ccc(CC(C#Cc2ccc(CNCCCP(=O)(O)O)cc2Br)c2cccc(F)c2)cc1C. The van der Waals surface area contributed by atoms with E-state index in [1.54, 1.807) is 12.1 Å². The van der Waals surface area contributed by atoms with Gasteiger partial charge in [0.1, 0.15) is 12.1 Å². The van der Waals surface area contributed by atoms with Crippen molar-refractivity contribution >= 4 is 29.8 Å². The summed E-state index contributed by atoms with van der Waals surface area (Å²) in [5, 5.41) is 3.20. The van der Waals surface area contributed by atoms with Gasteiger partial charge >= 0.3 is 7.60 Å². The molecule has 236 valence electrons. The maximum Gasteiger partial charge on any atom is 0.325 e. The van der Waals surface area contributed by atoms with E-state index in [1.165, 1.54) is 28.3 Å². The van der Waals surface area contributed by atoms with Crippen molar-refractivity contribution in [2.45, 2.75) is 53.0 Å². The lowest BCUT2D eigenvalue weighted by Crippen LogP contribution is -2.15. The zero-order chi connectivity index (χ0) is 33.0. The lowest BCUT2D eigenvalue weighted by molar-refractivity contribution is 0.112. The number of carbonyl (C=O) groups is 1. The second-order valence-corrected chi connectivity index (χ2v) is 13.8. The molecule has 0 aliphatic carbocycles. The highest BCUT2D eigenvalue weighted by Crippen LogP contribution is 2.34. The highest BCUT2D eigenvalue weighted by atomic mass is 79.9. The topological polar surface area (TPSA) is 86.6 Å². The standard InChI is InChI=1S/C28H30BrFNO3P.C9H10O/c1-20-7-8-22(15-21(20)2)16-26(25-5-3-6-27(30)18-25)12-11-24-10-9-23(17-28(24)29)19-31-13-4-14-35(32,33)34;1-7-3-4-9(6-10)5-8(7)2/h3,5-10,15,17-18,26,31H,4,13-14,16,19H2,1-2H3,(H2,32,33,34);3-6H,1-2H3. The van der Waals surface area contributed by atoms with Gasteiger partial charge in [-0.05, 0) is 132 Å². The van der Waals surface area contributed by atoms with E-state index in [0.29, 0.717) is 25.9 Å². The van der Waals surface area contributed by atoms with Crippen LogP contribution in [0.1, 0.15) is 67.2 Å². The van der Waals surface area contributed by atoms with E-state index in [4.69, 9.17) is 9.79 Å². The van der Waals surface area contributed by atoms with E-state index in [9.17, 15) is 13.8 Å². The summed E-state index contributed by atoms with van der Waals surface area (Å²) >= 11 is 3.60. The highest BCUT2D eigenvalue weighted by Gasteiger charge is 2.13. The van der Waals surface area contributed by atoms with Crippen LogP contribution in [0.15, 0.2) is 83.3 Å². The fourth-order valence-electron chi connectivity index (χ4n) is 4.56. The fraction of sp³-hybridized carbons (Fsp3) is 0.270. The number of halogens is 2. The van der Waals surface area contributed by atoms with E-state index in [0.717, 1.165) is 38.6 Å². The third-order valence-corrected chi connectivity index (χ3v) is 9.03. The van der Waals surface area contributed by atoms with Crippen LogP contribution in [0.5, 0.6) is 0 Å². The van der Waals surface area contributed by atoms with E-state index in [1.807, 2.05) is 56.3 Å². The Kier molecular flexibility index (Phi) is 13.9. The number of aryl methyl sites for hydroxylation is 4. The summed E-state index contributed by atoms with van der Waals surface area (Å²) in [5.74, 6) is 6.20. The maximum absolute atomic E-state index is 14.0. The minimum Gasteiger partial charge on any atom is -0.324 e. The fourth-order valence-corrected chi connectivity index (χ4v) is 5.65. The van der Waals surface area contributed by atoms with Crippen LogP contribution in [0.4, 0.5) is 4.39 Å². The van der Waals surface area contributed by atoms with Gasteiger partial charge < -0.3 is 15.1 Å². The lowest BCUT2D eigenvalue weighted by atomic mass is 9.91. The van der Waals surface area contributed by atoms with Crippen LogP contribution in [0.2, 0.25) is 0 Å². The van der Waals surface area contributed by atoms with E-state index < -0.39 is 7.60 Å². The Balaban J connectivity index is 0.000000468. The van der Waals surface area contributed by atoms with Crippen molar-refractivity contribution in [1.82, 2.24) is 5.32 Å². The molecule has 3 N–H and O–H groups in total. The molecule has 0 aromatic heterocycles. The summed E-state index contributed by atoms with van der Waals surface area (Å²) in [4.78, 5) is 28.1. The number of aldehydes is 1. The molecule has 1 atom stereocenters. The molecular formula is C37H40BrFNO4P. The molecule has 0 heterocycles. The van der Waals surface area contributed by atoms with Crippen LogP contribution in [0.25, 0.3) is 0 Å². The molecule has 4 aromatic carbocycles. The molecule has 5 nitrogen and oxygen atoms in total. The minimum atomic E-state index is -3.94. The van der Waals surface area contributed by atoms with Crippen LogP contribution in [-0.2, 0) is 17.5 Å². The van der Waals surface area contributed by atoms with Crippen molar-refractivity contribution in [1.29, 1.82) is 0 Å². The van der Waals surface area contributed by atoms with E-state index in [2.05, 4.69) is 65.1 Å². The quantitative estimate of drug-likeness (QED) is 0.0674. The zero-order valence-corrected chi connectivity index (χ0v) is 28.6. The molecule has 8 heteroatoms. The van der Waals surface area contributed by atoms with Crippen LogP contribution in [0, 0.1) is 45.4 Å². The first-order valence-electron chi connectivity index (χ1n) is 14.7. The van der Waals surface area contributed by atoms with Gasteiger partial charge in [0.2, 0.25) is 0 Å². The molecule has 0 fully saturated rings. The predicted octanol–water partition coefficient (Wildman–Crippen LogP) is 8.36. The third-order valence-electron chi connectivity index (χ3n) is 7.48. The smallest absolute Gasteiger partial charge is 0.324 e. The van der Waals surface area contributed by atoms with Gasteiger partial charge in [0.05, 0.1) is 6.16 Å². The summed E-state index contributed by atoms with van der Waals surface area (Å²) in [6.45, 7) is 9.32. The Morgan fingerprint density at radius 2 is 1.58 bits per heavy atom. The molecule has 0 aliphatic heterocycles. The number of benzene rings is 4. The summed E-state index contributed by atoms with van der Waals surface area (Å²) in [6.07, 6.45) is 1.85. The molecule has 0 spiro atoms. The molecule has 0 aliphatic rings. The molecule has 0 radical (unpaired) electrons. The first-order valence-corrected chi connectivity index (χ1v) is 17.3. The number of carbonyl (C=O) groups excluding carboxylic acids is 1. The van der Waals surface area contributed by atoms with Gasteiger partial charge in [-0.25, -0.2) is 4.39 Å². The Bertz CT molecular complexity index is 1720. The monoisotopic (exact) mass is 691 g/mol. The van der Waals surface area contributed by atoms with Crippen molar-refractivity contribution in [2.75, 3.05) is 12.7 Å². The minimum absolute atomic E-state index is 0.118. The van der Waals surface area contributed by atoms with Crippen LogP contribution >= 0.6 is 23.5 Å². The van der Waals surface area contributed by atoms with E-state index in [-0.39, 0.29) is 17.9 Å². The Morgan fingerprint density at radius 3 is 2.20 bits per heavy atom.